The molecule has 0 amide bonds. The maximum absolute atomic E-state index is 13.6. The minimum atomic E-state index is -0.105. The summed E-state index contributed by atoms with van der Waals surface area (Å²) in [6.07, 6.45) is 6.55. The van der Waals surface area contributed by atoms with Gasteiger partial charge in [-0.05, 0) is 60.2 Å². The summed E-state index contributed by atoms with van der Waals surface area (Å²) < 4.78 is 36.5. The largest absolute Gasteiger partial charge is 0.493 e. The summed E-state index contributed by atoms with van der Waals surface area (Å²) in [7, 11) is 5.04. The Kier molecular flexibility index (Phi) is 6.25. The van der Waals surface area contributed by atoms with E-state index >= 15 is 0 Å². The van der Waals surface area contributed by atoms with Crippen molar-refractivity contribution in [2.45, 2.75) is 38.3 Å². The second-order valence-corrected chi connectivity index (χ2v) is 9.29. The maximum atomic E-state index is 13.6. The normalized spacial score (nSPS) is 19.5. The lowest BCUT2D eigenvalue weighted by Gasteiger charge is -2.42. The summed E-state index contributed by atoms with van der Waals surface area (Å²) in [5, 5.41) is 0. The van der Waals surface area contributed by atoms with Gasteiger partial charge in [0.25, 0.3) is 0 Å². The lowest BCUT2D eigenvalue weighted by molar-refractivity contribution is 0.157. The zero-order valence-electron chi connectivity index (χ0n) is 19.2. The number of benzene rings is 2. The molecule has 1 atom stereocenters. The SMILES string of the molecule is COc1cc2c(cc1OC)C1Cc3ccc(OSC4=CCCC(F)=C4)c(OC)c3CN1CC2. The average Bonchev–Trinajstić information content (AvgIpc) is 2.85. The average molecular weight is 470 g/mol. The first-order chi connectivity index (χ1) is 16.1. The Labute approximate surface area is 198 Å². The molecular formula is C26H28FNO4S. The predicted molar refractivity (Wildman–Crippen MR) is 128 cm³/mol. The summed E-state index contributed by atoms with van der Waals surface area (Å²) in [6, 6.07) is 8.62. The Morgan fingerprint density at radius 1 is 0.970 bits per heavy atom. The highest BCUT2D eigenvalue weighted by atomic mass is 32.2. The van der Waals surface area contributed by atoms with Gasteiger partial charge in [-0.25, -0.2) is 4.39 Å². The van der Waals surface area contributed by atoms with E-state index < -0.39 is 0 Å². The summed E-state index contributed by atoms with van der Waals surface area (Å²) >= 11 is 1.18. The van der Waals surface area contributed by atoms with Crippen LogP contribution in [0, 0.1) is 0 Å². The number of fused-ring (bicyclic) bond motifs is 4. The second-order valence-electron chi connectivity index (χ2n) is 8.48. The molecule has 2 aromatic carbocycles. The molecule has 1 unspecified atom stereocenters. The minimum Gasteiger partial charge on any atom is -0.493 e. The zero-order valence-corrected chi connectivity index (χ0v) is 20.0. The van der Waals surface area contributed by atoms with Gasteiger partial charge in [0.15, 0.2) is 23.0 Å². The molecular weight excluding hydrogens is 441 g/mol. The Morgan fingerprint density at radius 2 is 1.79 bits per heavy atom. The summed E-state index contributed by atoms with van der Waals surface area (Å²) in [6.45, 7) is 1.75. The highest BCUT2D eigenvalue weighted by Crippen LogP contribution is 2.46. The van der Waals surface area contributed by atoms with Crippen molar-refractivity contribution in [2.75, 3.05) is 27.9 Å². The third kappa shape index (κ3) is 4.20. The molecule has 3 aliphatic rings. The third-order valence-electron chi connectivity index (χ3n) is 6.67. The van der Waals surface area contributed by atoms with Gasteiger partial charge >= 0.3 is 0 Å². The van der Waals surface area contributed by atoms with E-state index in [0.29, 0.717) is 18.6 Å². The molecule has 0 saturated heterocycles. The Hall–Kier alpha value is -2.64. The quantitative estimate of drug-likeness (QED) is 0.489. The van der Waals surface area contributed by atoms with Gasteiger partial charge in [0.2, 0.25) is 0 Å². The zero-order chi connectivity index (χ0) is 22.9. The Balaban J connectivity index is 1.42. The van der Waals surface area contributed by atoms with Crippen LogP contribution >= 0.6 is 12.0 Å². The molecule has 0 aromatic heterocycles. The van der Waals surface area contributed by atoms with Gasteiger partial charge in [0.1, 0.15) is 5.83 Å². The molecule has 0 fully saturated rings. The van der Waals surface area contributed by atoms with Gasteiger partial charge in [-0.3, -0.25) is 4.90 Å². The summed E-state index contributed by atoms with van der Waals surface area (Å²) in [5.41, 5.74) is 5.05. The molecule has 33 heavy (non-hydrogen) atoms. The topological polar surface area (TPSA) is 40.2 Å². The van der Waals surface area contributed by atoms with Crippen LogP contribution in [0.25, 0.3) is 0 Å². The van der Waals surface area contributed by atoms with Crippen LogP contribution in [0.1, 0.15) is 41.1 Å². The fraction of sp³-hybridized carbons (Fsp3) is 0.385. The van der Waals surface area contributed by atoms with Gasteiger partial charge in [-0.2, -0.15) is 0 Å². The lowest BCUT2D eigenvalue weighted by Crippen LogP contribution is -2.39. The molecule has 2 aromatic rings. The van der Waals surface area contributed by atoms with Crippen molar-refractivity contribution < 1.29 is 22.8 Å². The first kappa shape index (κ1) is 22.2. The van der Waals surface area contributed by atoms with E-state index in [4.69, 9.17) is 18.4 Å². The molecule has 0 saturated carbocycles. The maximum Gasteiger partial charge on any atom is 0.180 e. The van der Waals surface area contributed by atoms with E-state index in [1.165, 1.54) is 34.8 Å². The van der Waals surface area contributed by atoms with Gasteiger partial charge in [-0.1, -0.05) is 12.1 Å². The molecule has 0 radical (unpaired) electrons. The van der Waals surface area contributed by atoms with E-state index in [9.17, 15) is 4.39 Å². The fourth-order valence-electron chi connectivity index (χ4n) is 5.01. The van der Waals surface area contributed by atoms with Gasteiger partial charge in [0.05, 0.1) is 33.4 Å². The first-order valence-corrected chi connectivity index (χ1v) is 11.9. The molecule has 5 nitrogen and oxygen atoms in total. The van der Waals surface area contributed by atoms with E-state index in [1.807, 2.05) is 12.1 Å². The van der Waals surface area contributed by atoms with Crippen LogP contribution in [0.5, 0.6) is 23.0 Å². The number of nitrogens with zero attached hydrogens (tertiary/aromatic N) is 1. The number of allylic oxidation sites excluding steroid dienone is 3. The fourth-order valence-corrected chi connectivity index (χ4v) is 5.69. The lowest BCUT2D eigenvalue weighted by atomic mass is 9.83. The van der Waals surface area contributed by atoms with Crippen LogP contribution < -0.4 is 18.4 Å². The second kappa shape index (κ2) is 9.31. The summed E-state index contributed by atoms with van der Waals surface area (Å²) in [4.78, 5) is 3.29. The van der Waals surface area contributed by atoms with E-state index in [-0.39, 0.29) is 11.9 Å². The highest BCUT2D eigenvalue weighted by molar-refractivity contribution is 7.99. The summed E-state index contributed by atoms with van der Waals surface area (Å²) in [5.74, 6) is 2.88. The number of hydrogen-bond donors (Lipinski definition) is 0. The van der Waals surface area contributed by atoms with E-state index in [0.717, 1.165) is 53.6 Å². The van der Waals surface area contributed by atoms with Crippen molar-refractivity contribution in [3.05, 3.63) is 69.4 Å². The van der Waals surface area contributed by atoms with Gasteiger partial charge < -0.3 is 18.4 Å². The van der Waals surface area contributed by atoms with Crippen LogP contribution in [0.15, 0.2) is 47.1 Å². The van der Waals surface area contributed by atoms with E-state index in [1.54, 1.807) is 21.3 Å². The molecule has 1 aliphatic carbocycles. The molecule has 0 spiro atoms. The van der Waals surface area contributed by atoms with Gasteiger partial charge in [0, 0.05) is 36.0 Å². The van der Waals surface area contributed by atoms with Crippen LogP contribution in [-0.4, -0.2) is 32.8 Å². The molecule has 2 aliphatic heterocycles. The number of halogens is 1. The predicted octanol–water partition coefficient (Wildman–Crippen LogP) is 5.93. The van der Waals surface area contributed by atoms with Crippen molar-refractivity contribution in [2.24, 2.45) is 0 Å². The van der Waals surface area contributed by atoms with Crippen LogP contribution in [0.3, 0.4) is 0 Å². The van der Waals surface area contributed by atoms with Crippen molar-refractivity contribution in [3.8, 4) is 23.0 Å². The monoisotopic (exact) mass is 469 g/mol. The Bertz CT molecular complexity index is 1130. The standard InChI is InChI=1S/C26H28FNO4S/c1-29-24-12-17-9-10-28-15-21-16(11-22(28)20(17)14-25(24)30-2)7-8-23(26(21)31-3)32-33-19-6-4-5-18(27)13-19/h6-8,12-14,22H,4-5,9-11,15H2,1-3H3. The number of hydrogen-bond acceptors (Lipinski definition) is 6. The molecule has 7 heteroatoms. The van der Waals surface area contributed by atoms with E-state index in [2.05, 4.69) is 23.1 Å². The Morgan fingerprint density at radius 3 is 2.55 bits per heavy atom. The molecule has 5 rings (SSSR count). The van der Waals surface area contributed by atoms with Crippen LogP contribution in [-0.2, 0) is 19.4 Å². The van der Waals surface area contributed by atoms with Gasteiger partial charge in [-0.15, -0.1) is 0 Å². The number of ether oxygens (including phenoxy) is 3. The number of rotatable bonds is 6. The van der Waals surface area contributed by atoms with Crippen molar-refractivity contribution in [3.63, 3.8) is 0 Å². The minimum absolute atomic E-state index is 0.105. The molecule has 0 bridgehead atoms. The van der Waals surface area contributed by atoms with Crippen LogP contribution in [0.2, 0.25) is 0 Å². The number of methoxy groups -OCH3 is 3. The smallest absolute Gasteiger partial charge is 0.180 e. The van der Waals surface area contributed by atoms with Crippen molar-refractivity contribution in [1.29, 1.82) is 0 Å². The highest BCUT2D eigenvalue weighted by Gasteiger charge is 2.35. The molecule has 2 heterocycles. The third-order valence-corrected chi connectivity index (χ3v) is 7.41. The van der Waals surface area contributed by atoms with Crippen LogP contribution in [0.4, 0.5) is 4.39 Å². The molecule has 0 N–H and O–H groups in total. The molecule has 174 valence electrons. The van der Waals surface area contributed by atoms with Crippen molar-refractivity contribution in [1.82, 2.24) is 4.90 Å². The van der Waals surface area contributed by atoms with Crippen molar-refractivity contribution >= 4 is 12.0 Å². The first-order valence-electron chi connectivity index (χ1n) is 11.2.